The van der Waals surface area contributed by atoms with Crippen molar-refractivity contribution in [2.75, 3.05) is 25.4 Å². The van der Waals surface area contributed by atoms with Gasteiger partial charge in [0.2, 0.25) is 0 Å². The van der Waals surface area contributed by atoms with Crippen LogP contribution in [0.1, 0.15) is 41.3 Å². The number of nitrogens with one attached hydrogen (secondary N) is 1. The fraction of sp³-hybridized carbons (Fsp3) is 0.226. The van der Waals surface area contributed by atoms with E-state index in [0.717, 1.165) is 13.1 Å². The SMILES string of the molecule is CC(Oc1cc(C(=N)CN(N)C2CN(C(c3ccccc3)c3ccccc3)C2)cnc1N)c1c(Cl)ccc(F)c1Cl. The minimum atomic E-state index is -0.714. The van der Waals surface area contributed by atoms with Gasteiger partial charge in [-0.2, -0.15) is 0 Å². The van der Waals surface area contributed by atoms with Crippen molar-refractivity contribution in [3.05, 3.63) is 123 Å². The minimum Gasteiger partial charge on any atom is -0.482 e. The highest BCUT2D eigenvalue weighted by molar-refractivity contribution is 6.36. The van der Waals surface area contributed by atoms with E-state index in [1.165, 1.54) is 29.5 Å². The molecule has 0 saturated carbocycles. The van der Waals surface area contributed by atoms with Crippen LogP contribution >= 0.6 is 23.2 Å². The third kappa shape index (κ3) is 6.37. The average Bonchev–Trinajstić information content (AvgIpc) is 2.94. The summed E-state index contributed by atoms with van der Waals surface area (Å²) in [5, 5.41) is 10.6. The van der Waals surface area contributed by atoms with Gasteiger partial charge in [0, 0.05) is 35.4 Å². The predicted octanol–water partition coefficient (Wildman–Crippen LogP) is 6.27. The summed E-state index contributed by atoms with van der Waals surface area (Å²) in [4.78, 5) is 6.59. The van der Waals surface area contributed by atoms with Crippen LogP contribution in [-0.2, 0) is 0 Å². The Labute approximate surface area is 248 Å². The molecular formula is C31H31Cl2FN6O. The van der Waals surface area contributed by atoms with Crippen molar-refractivity contribution in [2.45, 2.75) is 25.1 Å². The van der Waals surface area contributed by atoms with Crippen molar-refractivity contribution < 1.29 is 9.13 Å². The fourth-order valence-electron chi connectivity index (χ4n) is 5.08. The van der Waals surface area contributed by atoms with Crippen molar-refractivity contribution in [1.82, 2.24) is 14.9 Å². The van der Waals surface area contributed by atoms with Crippen molar-refractivity contribution in [3.63, 3.8) is 0 Å². The molecule has 1 unspecified atom stereocenters. The highest BCUT2D eigenvalue weighted by Gasteiger charge is 2.36. The second kappa shape index (κ2) is 12.5. The summed E-state index contributed by atoms with van der Waals surface area (Å²) in [5.74, 6) is 6.22. The molecule has 0 bridgehead atoms. The van der Waals surface area contributed by atoms with Crippen LogP contribution in [0, 0.1) is 11.2 Å². The van der Waals surface area contributed by atoms with Gasteiger partial charge in [-0.25, -0.2) is 14.4 Å². The maximum Gasteiger partial charge on any atom is 0.166 e. The van der Waals surface area contributed by atoms with E-state index in [-0.39, 0.29) is 46.0 Å². The first kappa shape index (κ1) is 29.0. The third-order valence-corrected chi connectivity index (χ3v) is 8.03. The molecule has 1 aliphatic heterocycles. The van der Waals surface area contributed by atoms with Gasteiger partial charge >= 0.3 is 0 Å². The molecule has 1 fully saturated rings. The van der Waals surface area contributed by atoms with Gasteiger partial charge in [0.25, 0.3) is 0 Å². The number of nitrogen functional groups attached to an aromatic ring is 1. The van der Waals surface area contributed by atoms with Gasteiger partial charge in [0.1, 0.15) is 11.9 Å². The lowest BCUT2D eigenvalue weighted by atomic mass is 9.93. The van der Waals surface area contributed by atoms with Crippen molar-refractivity contribution in [2.24, 2.45) is 5.84 Å². The molecule has 5 rings (SSSR count). The smallest absolute Gasteiger partial charge is 0.166 e. The van der Waals surface area contributed by atoms with Gasteiger partial charge in [0.05, 0.1) is 29.4 Å². The Hall–Kier alpha value is -3.53. The number of nitrogens with zero attached hydrogens (tertiary/aromatic N) is 3. The molecule has 5 N–H and O–H groups in total. The number of rotatable bonds is 10. The number of benzene rings is 3. The molecule has 2 heterocycles. The lowest BCUT2D eigenvalue weighted by Gasteiger charge is -2.47. The summed E-state index contributed by atoms with van der Waals surface area (Å²) in [6.45, 7) is 3.42. The van der Waals surface area contributed by atoms with Crippen LogP contribution in [0.25, 0.3) is 0 Å². The number of ether oxygens (including phenoxy) is 1. The first-order chi connectivity index (χ1) is 19.7. The van der Waals surface area contributed by atoms with Gasteiger partial charge in [-0.15, -0.1) is 0 Å². The van der Waals surface area contributed by atoms with E-state index < -0.39 is 11.9 Å². The largest absolute Gasteiger partial charge is 0.482 e. The second-order valence-corrected chi connectivity index (χ2v) is 10.9. The van der Waals surface area contributed by atoms with E-state index >= 15 is 0 Å². The van der Waals surface area contributed by atoms with Crippen LogP contribution in [0.5, 0.6) is 5.75 Å². The minimum absolute atomic E-state index is 0.0834. The van der Waals surface area contributed by atoms with Crippen LogP contribution < -0.4 is 16.3 Å². The zero-order chi connectivity index (χ0) is 29.1. The monoisotopic (exact) mass is 592 g/mol. The van der Waals surface area contributed by atoms with Crippen LogP contribution in [0.4, 0.5) is 10.2 Å². The number of nitrogens with two attached hydrogens (primary N) is 2. The summed E-state index contributed by atoms with van der Waals surface area (Å²) >= 11 is 12.4. The van der Waals surface area contributed by atoms with E-state index in [2.05, 4.69) is 58.4 Å². The molecule has 0 aliphatic carbocycles. The van der Waals surface area contributed by atoms with E-state index in [4.69, 9.17) is 44.9 Å². The second-order valence-electron chi connectivity index (χ2n) is 10.1. The maximum atomic E-state index is 14.0. The number of hydrogen-bond donors (Lipinski definition) is 3. The Morgan fingerprint density at radius 2 is 1.68 bits per heavy atom. The molecule has 0 radical (unpaired) electrons. The molecule has 1 saturated heterocycles. The number of likely N-dealkylation sites (tertiary alicyclic amines) is 1. The summed E-state index contributed by atoms with van der Waals surface area (Å²) in [7, 11) is 0. The van der Waals surface area contributed by atoms with Crippen LogP contribution in [0.15, 0.2) is 85.1 Å². The standard InChI is InChI=1S/C31H31Cl2FN6O/c1-19(28-24(32)12-13-25(34)29(28)33)41-27-14-22(15-38-31(27)36)26(35)18-40(37)23-16-39(17-23)30(20-8-4-2-5-9-20)21-10-6-3-7-11-21/h2-15,19,23,30,35H,16-18,37H2,1H3,(H2,36,38). The Kier molecular flexibility index (Phi) is 8.87. The van der Waals surface area contributed by atoms with Crippen molar-refractivity contribution in [3.8, 4) is 5.75 Å². The molecule has 1 atom stereocenters. The molecule has 10 heteroatoms. The van der Waals surface area contributed by atoms with Gasteiger partial charge < -0.3 is 15.9 Å². The molecule has 0 spiro atoms. The molecule has 0 amide bonds. The first-order valence-electron chi connectivity index (χ1n) is 13.2. The zero-order valence-electron chi connectivity index (χ0n) is 22.5. The quantitative estimate of drug-likeness (QED) is 0.0867. The lowest BCUT2D eigenvalue weighted by Crippen LogP contribution is -2.63. The Morgan fingerprint density at radius 1 is 1.07 bits per heavy atom. The van der Waals surface area contributed by atoms with Crippen molar-refractivity contribution in [1.29, 1.82) is 5.41 Å². The van der Waals surface area contributed by atoms with E-state index in [9.17, 15) is 4.39 Å². The molecule has 212 valence electrons. The third-order valence-electron chi connectivity index (χ3n) is 7.32. The first-order valence-corrected chi connectivity index (χ1v) is 14.0. The van der Waals surface area contributed by atoms with Crippen LogP contribution in [0.2, 0.25) is 10.0 Å². The summed E-state index contributed by atoms with van der Waals surface area (Å²) in [5.41, 5.74) is 9.59. The normalized spacial score (nSPS) is 14.7. The van der Waals surface area contributed by atoms with Crippen LogP contribution in [-0.4, -0.2) is 46.3 Å². The predicted molar refractivity (Wildman–Crippen MR) is 162 cm³/mol. The fourth-order valence-corrected chi connectivity index (χ4v) is 5.75. The number of anilines is 1. The molecular weight excluding hydrogens is 562 g/mol. The Balaban J connectivity index is 1.24. The maximum absolute atomic E-state index is 14.0. The van der Waals surface area contributed by atoms with Gasteiger partial charge in [-0.3, -0.25) is 10.7 Å². The van der Waals surface area contributed by atoms with Gasteiger partial charge in [-0.1, -0.05) is 83.9 Å². The summed E-state index contributed by atoms with van der Waals surface area (Å²) in [6.07, 6.45) is 0.799. The molecule has 41 heavy (non-hydrogen) atoms. The topological polar surface area (TPSA) is 104 Å². The zero-order valence-corrected chi connectivity index (χ0v) is 24.0. The Morgan fingerprint density at radius 3 is 2.29 bits per heavy atom. The average molecular weight is 594 g/mol. The van der Waals surface area contributed by atoms with Gasteiger partial charge in [0.15, 0.2) is 11.6 Å². The van der Waals surface area contributed by atoms with Gasteiger partial charge in [-0.05, 0) is 36.2 Å². The molecule has 7 nitrogen and oxygen atoms in total. The number of halogens is 3. The van der Waals surface area contributed by atoms with E-state index in [1.807, 2.05) is 12.1 Å². The van der Waals surface area contributed by atoms with Crippen molar-refractivity contribution >= 4 is 34.7 Å². The summed E-state index contributed by atoms with van der Waals surface area (Å²) in [6, 6.07) is 25.3. The molecule has 1 aromatic heterocycles. The molecule has 4 aromatic rings. The highest BCUT2D eigenvalue weighted by atomic mass is 35.5. The van der Waals surface area contributed by atoms with E-state index in [1.54, 1.807) is 18.0 Å². The number of hydrogen-bond acceptors (Lipinski definition) is 7. The molecule has 1 aliphatic rings. The van der Waals surface area contributed by atoms with E-state index in [0.29, 0.717) is 11.1 Å². The molecule has 3 aromatic carbocycles. The van der Waals surface area contributed by atoms with Crippen LogP contribution in [0.3, 0.4) is 0 Å². The number of pyridine rings is 1. The summed E-state index contributed by atoms with van der Waals surface area (Å²) < 4.78 is 20.0. The number of hydrazine groups is 1. The lowest BCUT2D eigenvalue weighted by molar-refractivity contribution is 0.0215. The number of aromatic nitrogens is 1. The highest BCUT2D eigenvalue weighted by Crippen LogP contribution is 2.36. The Bertz CT molecular complexity index is 1480.